The van der Waals surface area contributed by atoms with E-state index in [4.69, 9.17) is 0 Å². The van der Waals surface area contributed by atoms with Gasteiger partial charge in [0.05, 0.1) is 0 Å². The fourth-order valence-corrected chi connectivity index (χ4v) is 0.489. The third-order valence-corrected chi connectivity index (χ3v) is 0.967. The largest absolute Gasteiger partial charge is 0.351 e. The lowest BCUT2D eigenvalue weighted by Gasteiger charge is -1.96. The van der Waals surface area contributed by atoms with Gasteiger partial charge >= 0.3 is 6.03 Å². The first-order chi connectivity index (χ1) is 5.02. The average Bonchev–Trinajstić information content (AvgIpc) is 1.82. The van der Waals surface area contributed by atoms with Crippen molar-refractivity contribution in [2.75, 3.05) is 0 Å². The molecule has 0 saturated carbocycles. The Hall–Kier alpha value is -1.39. The molecule has 3 N–H and O–H groups in total. The van der Waals surface area contributed by atoms with Gasteiger partial charge in [0.15, 0.2) is 0 Å². The van der Waals surface area contributed by atoms with E-state index in [1.165, 1.54) is 6.92 Å². The van der Waals surface area contributed by atoms with Crippen molar-refractivity contribution >= 4 is 17.7 Å². The summed E-state index contributed by atoms with van der Waals surface area (Å²) in [6, 6.07) is -0.890. The van der Waals surface area contributed by atoms with Crippen LogP contribution in [0.1, 0.15) is 19.8 Å². The number of nitrogens with two attached hydrogens (primary N) is 1. The monoisotopic (exact) mass is 158 g/mol. The molecule has 3 amide bonds. The molecule has 0 aliphatic rings. The molecule has 0 spiro atoms. The van der Waals surface area contributed by atoms with E-state index in [1.807, 2.05) is 5.32 Å². The van der Waals surface area contributed by atoms with Gasteiger partial charge in [-0.1, -0.05) is 0 Å². The van der Waals surface area contributed by atoms with Crippen molar-refractivity contribution in [2.24, 2.45) is 5.73 Å². The summed E-state index contributed by atoms with van der Waals surface area (Å²) in [6.07, 6.45) is 0.150. The molecule has 5 heteroatoms. The summed E-state index contributed by atoms with van der Waals surface area (Å²) in [7, 11) is 0. The number of carbonyl (C=O) groups is 3. The summed E-state index contributed by atoms with van der Waals surface area (Å²) in [4.78, 5) is 31.0. The van der Waals surface area contributed by atoms with Gasteiger partial charge in [-0.25, -0.2) is 4.79 Å². The van der Waals surface area contributed by atoms with Crippen molar-refractivity contribution in [2.45, 2.75) is 19.8 Å². The smallest absolute Gasteiger partial charge is 0.318 e. The van der Waals surface area contributed by atoms with Crippen LogP contribution in [0.3, 0.4) is 0 Å². The minimum absolute atomic E-state index is 0.0122. The van der Waals surface area contributed by atoms with Crippen LogP contribution in [0.2, 0.25) is 0 Å². The van der Waals surface area contributed by atoms with Crippen LogP contribution in [0.5, 0.6) is 0 Å². The van der Waals surface area contributed by atoms with Crippen molar-refractivity contribution < 1.29 is 14.4 Å². The number of primary amides is 1. The Labute approximate surface area is 63.9 Å². The molecule has 0 aromatic heterocycles. The van der Waals surface area contributed by atoms with Gasteiger partial charge < -0.3 is 10.5 Å². The van der Waals surface area contributed by atoms with Crippen molar-refractivity contribution in [3.8, 4) is 0 Å². The number of imide groups is 1. The predicted molar refractivity (Wildman–Crippen MR) is 37.6 cm³/mol. The van der Waals surface area contributed by atoms with Gasteiger partial charge in [-0.2, -0.15) is 0 Å². The van der Waals surface area contributed by atoms with Gasteiger partial charge in [0.1, 0.15) is 5.78 Å². The van der Waals surface area contributed by atoms with Crippen LogP contribution < -0.4 is 11.1 Å². The van der Waals surface area contributed by atoms with Crippen LogP contribution in [-0.2, 0) is 9.59 Å². The molecule has 11 heavy (non-hydrogen) atoms. The molecule has 0 aromatic rings. The summed E-state index contributed by atoms with van der Waals surface area (Å²) in [5, 5.41) is 1.85. The van der Waals surface area contributed by atoms with Crippen LogP contribution in [-0.4, -0.2) is 17.7 Å². The maximum Gasteiger partial charge on any atom is 0.318 e. The van der Waals surface area contributed by atoms with E-state index in [-0.39, 0.29) is 18.6 Å². The molecular weight excluding hydrogens is 148 g/mol. The Morgan fingerprint density at radius 2 is 1.82 bits per heavy atom. The third-order valence-electron chi connectivity index (χ3n) is 0.967. The Morgan fingerprint density at radius 1 is 1.27 bits per heavy atom. The van der Waals surface area contributed by atoms with Gasteiger partial charge in [0.2, 0.25) is 5.91 Å². The Morgan fingerprint density at radius 3 is 2.18 bits per heavy atom. The Balaban J connectivity index is 3.53. The maximum absolute atomic E-state index is 10.6. The van der Waals surface area contributed by atoms with Crippen LogP contribution >= 0.6 is 0 Å². The highest BCUT2D eigenvalue weighted by Crippen LogP contribution is 1.88. The third kappa shape index (κ3) is 6.50. The minimum Gasteiger partial charge on any atom is -0.351 e. The molecule has 0 rings (SSSR count). The van der Waals surface area contributed by atoms with E-state index < -0.39 is 11.9 Å². The highest BCUT2D eigenvalue weighted by atomic mass is 16.2. The molecule has 0 unspecified atom stereocenters. The highest BCUT2D eigenvalue weighted by molar-refractivity contribution is 5.94. The molecule has 0 bridgehead atoms. The van der Waals surface area contributed by atoms with Gasteiger partial charge in [0.25, 0.3) is 0 Å². The van der Waals surface area contributed by atoms with E-state index in [0.717, 1.165) is 0 Å². The van der Waals surface area contributed by atoms with Gasteiger partial charge in [-0.3, -0.25) is 10.1 Å². The highest BCUT2D eigenvalue weighted by Gasteiger charge is 2.04. The quantitative estimate of drug-likeness (QED) is 0.583. The predicted octanol–water partition coefficient (Wildman–Crippen LogP) is -0.449. The second-order valence-corrected chi connectivity index (χ2v) is 2.11. The molecule has 0 radical (unpaired) electrons. The van der Waals surface area contributed by atoms with Crippen LogP contribution in [0.15, 0.2) is 0 Å². The van der Waals surface area contributed by atoms with Crippen molar-refractivity contribution in [3.05, 3.63) is 0 Å². The first kappa shape index (κ1) is 9.61. The first-order valence-electron chi connectivity index (χ1n) is 3.11. The number of urea groups is 1. The van der Waals surface area contributed by atoms with E-state index >= 15 is 0 Å². The molecule has 0 aliphatic carbocycles. The molecule has 0 aromatic carbocycles. The van der Waals surface area contributed by atoms with Crippen LogP contribution in [0.4, 0.5) is 4.79 Å². The number of carbonyl (C=O) groups excluding carboxylic acids is 3. The van der Waals surface area contributed by atoms with Crippen molar-refractivity contribution in [1.82, 2.24) is 5.32 Å². The number of Topliss-reactive ketones (excluding diaryl/α,β-unsaturated/α-hetero) is 1. The number of hydrogen-bond acceptors (Lipinski definition) is 3. The fourth-order valence-electron chi connectivity index (χ4n) is 0.489. The second-order valence-electron chi connectivity index (χ2n) is 2.11. The molecule has 5 nitrogen and oxygen atoms in total. The van der Waals surface area contributed by atoms with E-state index in [9.17, 15) is 14.4 Å². The van der Waals surface area contributed by atoms with E-state index in [2.05, 4.69) is 5.73 Å². The SMILES string of the molecule is CC(=O)CCC(=O)NC(N)=O. The van der Waals surface area contributed by atoms with Crippen LogP contribution in [0.25, 0.3) is 0 Å². The molecule has 62 valence electrons. The van der Waals surface area contributed by atoms with Crippen molar-refractivity contribution in [1.29, 1.82) is 0 Å². The normalized spacial score (nSPS) is 8.82. The number of rotatable bonds is 3. The topological polar surface area (TPSA) is 89.3 Å². The first-order valence-corrected chi connectivity index (χ1v) is 3.11. The summed E-state index contributed by atoms with van der Waals surface area (Å²) in [5.41, 5.74) is 4.64. The average molecular weight is 158 g/mol. The minimum atomic E-state index is -0.890. The number of nitrogens with one attached hydrogen (secondary N) is 1. The maximum atomic E-state index is 10.6. The summed E-state index contributed by atoms with van der Waals surface area (Å²) >= 11 is 0. The Kier molecular flexibility index (Phi) is 3.87. The number of ketones is 1. The zero-order valence-corrected chi connectivity index (χ0v) is 6.22. The lowest BCUT2D eigenvalue weighted by atomic mass is 10.2. The molecule has 0 saturated heterocycles. The van der Waals surface area contributed by atoms with Crippen LogP contribution in [0, 0.1) is 0 Å². The van der Waals surface area contributed by atoms with E-state index in [0.29, 0.717) is 0 Å². The van der Waals surface area contributed by atoms with Gasteiger partial charge in [-0.15, -0.1) is 0 Å². The fraction of sp³-hybridized carbons (Fsp3) is 0.500. The molecule has 0 heterocycles. The zero-order valence-electron chi connectivity index (χ0n) is 6.22. The molecule has 0 fully saturated rings. The lowest BCUT2D eigenvalue weighted by Crippen LogP contribution is -2.34. The molecule has 0 aliphatic heterocycles. The number of hydrogen-bond donors (Lipinski definition) is 2. The second kappa shape index (κ2) is 4.43. The number of amides is 3. The standard InChI is InChI=1S/C6H10N2O3/c1-4(9)2-3-5(10)8-6(7)11/h2-3H2,1H3,(H3,7,8,10,11). The van der Waals surface area contributed by atoms with Gasteiger partial charge in [-0.05, 0) is 6.92 Å². The summed E-state index contributed by atoms with van der Waals surface area (Å²) < 4.78 is 0. The van der Waals surface area contributed by atoms with Crippen molar-refractivity contribution in [3.63, 3.8) is 0 Å². The summed E-state index contributed by atoms with van der Waals surface area (Å²) in [5.74, 6) is -0.614. The van der Waals surface area contributed by atoms with E-state index in [1.54, 1.807) is 0 Å². The molecular formula is C6H10N2O3. The lowest BCUT2D eigenvalue weighted by molar-refractivity contribution is -0.123. The zero-order chi connectivity index (χ0) is 8.85. The summed E-state index contributed by atoms with van der Waals surface area (Å²) in [6.45, 7) is 1.37. The Bertz CT molecular complexity index is 188. The van der Waals surface area contributed by atoms with Gasteiger partial charge in [0, 0.05) is 12.8 Å². The molecule has 0 atom stereocenters.